The number of nitrogens with one attached hydrogen (secondary N) is 2. The van der Waals surface area contributed by atoms with Crippen molar-refractivity contribution in [1.82, 2.24) is 10.6 Å². The minimum Gasteiger partial charge on any atom is -0.465 e. The molecule has 1 saturated heterocycles. The quantitative estimate of drug-likeness (QED) is 0.0927. The van der Waals surface area contributed by atoms with E-state index < -0.39 is 67.1 Å². The summed E-state index contributed by atoms with van der Waals surface area (Å²) in [5.74, 6) is -1.39. The van der Waals surface area contributed by atoms with Gasteiger partial charge in [0.05, 0.1) is 26.4 Å². The first-order chi connectivity index (χ1) is 21.7. The molecule has 45 heavy (non-hydrogen) atoms. The van der Waals surface area contributed by atoms with Crippen molar-refractivity contribution in [2.45, 2.75) is 127 Å². The van der Waals surface area contributed by atoms with Crippen molar-refractivity contribution in [2.75, 3.05) is 33.0 Å². The minimum atomic E-state index is -1.57. The third-order valence-corrected chi connectivity index (χ3v) is 8.78. The number of carbonyl (C=O) groups is 4. The van der Waals surface area contributed by atoms with Gasteiger partial charge in [0.25, 0.3) is 0 Å². The molecule has 2 aliphatic carbocycles. The number of rotatable bonds is 17. The van der Waals surface area contributed by atoms with Gasteiger partial charge in [-0.3, -0.25) is 14.4 Å². The molecule has 2 saturated carbocycles. The van der Waals surface area contributed by atoms with E-state index in [9.17, 15) is 39.6 Å². The van der Waals surface area contributed by atoms with Crippen LogP contribution in [0, 0.1) is 11.8 Å². The maximum absolute atomic E-state index is 12.9. The summed E-state index contributed by atoms with van der Waals surface area (Å²) >= 11 is 0. The highest BCUT2D eigenvalue weighted by molar-refractivity contribution is 5.87. The topological polar surface area (TPSA) is 210 Å². The summed E-state index contributed by atoms with van der Waals surface area (Å²) in [5, 5.41) is 44.1. The first kappa shape index (κ1) is 37.1. The predicted octanol–water partition coefficient (Wildman–Crippen LogP) is 0.211. The summed E-state index contributed by atoms with van der Waals surface area (Å²) in [6.45, 7) is -0.0796. The van der Waals surface area contributed by atoms with Crippen molar-refractivity contribution in [2.24, 2.45) is 11.8 Å². The molecule has 14 heteroatoms. The fourth-order valence-corrected chi connectivity index (χ4v) is 5.95. The molecule has 0 aromatic rings. The van der Waals surface area contributed by atoms with E-state index in [1.165, 1.54) is 12.8 Å². The Morgan fingerprint density at radius 3 is 1.98 bits per heavy atom. The van der Waals surface area contributed by atoms with Crippen LogP contribution in [-0.2, 0) is 38.1 Å². The van der Waals surface area contributed by atoms with Crippen LogP contribution in [0.5, 0.6) is 0 Å². The van der Waals surface area contributed by atoms with Gasteiger partial charge in [-0.05, 0) is 43.9 Å². The highest BCUT2D eigenvalue weighted by Gasteiger charge is 2.44. The number of esters is 2. The van der Waals surface area contributed by atoms with Crippen molar-refractivity contribution >= 4 is 23.8 Å². The number of carbonyl (C=O) groups excluding carboxylic acids is 4. The second-order valence-corrected chi connectivity index (χ2v) is 12.4. The molecular formula is C31H52N2O12. The first-order valence-corrected chi connectivity index (χ1v) is 16.5. The Kier molecular flexibility index (Phi) is 16.5. The molecule has 1 unspecified atom stereocenters. The summed E-state index contributed by atoms with van der Waals surface area (Å²) in [4.78, 5) is 50.3. The van der Waals surface area contributed by atoms with Gasteiger partial charge < -0.3 is 50.0 Å². The zero-order chi connectivity index (χ0) is 32.6. The van der Waals surface area contributed by atoms with Gasteiger partial charge in [0, 0.05) is 25.8 Å². The van der Waals surface area contributed by atoms with E-state index in [0.717, 1.165) is 51.4 Å². The van der Waals surface area contributed by atoms with Crippen molar-refractivity contribution in [3.8, 4) is 0 Å². The Morgan fingerprint density at radius 1 is 0.756 bits per heavy atom. The lowest BCUT2D eigenvalue weighted by Gasteiger charge is -2.39. The average Bonchev–Trinajstić information content (AvgIpc) is 3.06. The second kappa shape index (κ2) is 20.0. The smallest absolute Gasteiger partial charge is 0.328 e. The molecule has 0 bridgehead atoms. The molecule has 6 atom stereocenters. The standard InChI is InChI=1S/C31H52N2O12/c34-17-23-27(38)28(39)29(40)31(45-23)42-16-15-32-24(35)12-13-25(36)33-22(30(41)44-19-21-9-5-2-6-10-21)11-14-26(37)43-18-20-7-3-1-4-8-20/h20-23,27-29,31,34,38-40H,1-19H2,(H,32,35)(H,33,36)/t22?,23-,27+,28+,29-,31-/m1/s1. The Morgan fingerprint density at radius 2 is 1.36 bits per heavy atom. The van der Waals surface area contributed by atoms with Gasteiger partial charge in [-0.25, -0.2) is 4.79 Å². The molecule has 3 rings (SSSR count). The van der Waals surface area contributed by atoms with E-state index in [4.69, 9.17) is 18.9 Å². The van der Waals surface area contributed by atoms with Gasteiger partial charge in [0.1, 0.15) is 30.5 Å². The monoisotopic (exact) mass is 644 g/mol. The van der Waals surface area contributed by atoms with Crippen molar-refractivity contribution in [3.05, 3.63) is 0 Å². The lowest BCUT2D eigenvalue weighted by molar-refractivity contribution is -0.300. The van der Waals surface area contributed by atoms with Crippen LogP contribution >= 0.6 is 0 Å². The number of ether oxygens (including phenoxy) is 4. The summed E-state index contributed by atoms with van der Waals surface area (Å²) < 4.78 is 21.5. The third-order valence-electron chi connectivity index (χ3n) is 8.78. The highest BCUT2D eigenvalue weighted by Crippen LogP contribution is 2.25. The van der Waals surface area contributed by atoms with Gasteiger partial charge in [-0.15, -0.1) is 0 Å². The van der Waals surface area contributed by atoms with Crippen LogP contribution in [0.4, 0.5) is 0 Å². The van der Waals surface area contributed by atoms with E-state index in [-0.39, 0.29) is 51.4 Å². The summed E-state index contributed by atoms with van der Waals surface area (Å²) in [6.07, 6.45) is 3.42. The third kappa shape index (κ3) is 13.1. The zero-order valence-corrected chi connectivity index (χ0v) is 26.1. The number of aliphatic hydroxyl groups is 4. The molecule has 0 spiro atoms. The lowest BCUT2D eigenvalue weighted by atomic mass is 9.90. The molecule has 0 radical (unpaired) electrons. The van der Waals surface area contributed by atoms with Gasteiger partial charge in [-0.2, -0.15) is 0 Å². The molecule has 0 aromatic heterocycles. The van der Waals surface area contributed by atoms with Crippen LogP contribution in [0.25, 0.3) is 0 Å². The zero-order valence-electron chi connectivity index (χ0n) is 26.1. The number of hydrogen-bond acceptors (Lipinski definition) is 12. The molecule has 14 nitrogen and oxygen atoms in total. The van der Waals surface area contributed by atoms with Gasteiger partial charge in [0.15, 0.2) is 6.29 Å². The minimum absolute atomic E-state index is 0.00540. The van der Waals surface area contributed by atoms with Crippen LogP contribution in [0.2, 0.25) is 0 Å². The lowest BCUT2D eigenvalue weighted by Crippen LogP contribution is -2.59. The van der Waals surface area contributed by atoms with Crippen LogP contribution in [0.1, 0.15) is 89.9 Å². The molecule has 3 aliphatic rings. The van der Waals surface area contributed by atoms with E-state index in [1.807, 2.05) is 0 Å². The van der Waals surface area contributed by atoms with Gasteiger partial charge in [0.2, 0.25) is 11.8 Å². The van der Waals surface area contributed by atoms with Crippen molar-refractivity contribution < 1.29 is 58.6 Å². The molecule has 1 aliphatic heterocycles. The Hall–Kier alpha value is -2.36. The largest absolute Gasteiger partial charge is 0.465 e. The van der Waals surface area contributed by atoms with E-state index in [2.05, 4.69) is 10.6 Å². The fourth-order valence-electron chi connectivity index (χ4n) is 5.95. The number of amides is 2. The van der Waals surface area contributed by atoms with E-state index in [0.29, 0.717) is 12.5 Å². The average molecular weight is 645 g/mol. The maximum atomic E-state index is 12.9. The van der Waals surface area contributed by atoms with E-state index >= 15 is 0 Å². The summed E-state index contributed by atoms with van der Waals surface area (Å²) in [5.41, 5.74) is 0. The fraction of sp³-hybridized carbons (Fsp3) is 0.871. The molecule has 2 amide bonds. The molecule has 1 heterocycles. The molecule has 3 fully saturated rings. The summed E-state index contributed by atoms with van der Waals surface area (Å²) in [7, 11) is 0. The van der Waals surface area contributed by atoms with Crippen molar-refractivity contribution in [1.29, 1.82) is 0 Å². The molecular weight excluding hydrogens is 592 g/mol. The Bertz CT molecular complexity index is 922. The van der Waals surface area contributed by atoms with Crippen LogP contribution in [-0.4, -0.2) is 114 Å². The molecule has 6 N–H and O–H groups in total. The van der Waals surface area contributed by atoms with Crippen molar-refractivity contribution in [3.63, 3.8) is 0 Å². The van der Waals surface area contributed by atoms with Crippen LogP contribution < -0.4 is 10.6 Å². The Labute approximate surface area is 264 Å². The normalized spacial score (nSPS) is 26.9. The predicted molar refractivity (Wildman–Crippen MR) is 158 cm³/mol. The maximum Gasteiger partial charge on any atom is 0.328 e. The van der Waals surface area contributed by atoms with Gasteiger partial charge >= 0.3 is 11.9 Å². The van der Waals surface area contributed by atoms with Crippen LogP contribution in [0.15, 0.2) is 0 Å². The number of aliphatic hydroxyl groups excluding tert-OH is 4. The van der Waals surface area contributed by atoms with Gasteiger partial charge in [-0.1, -0.05) is 38.5 Å². The Balaban J connectivity index is 1.39. The summed E-state index contributed by atoms with van der Waals surface area (Å²) in [6, 6.07) is -1.04. The first-order valence-electron chi connectivity index (χ1n) is 16.5. The highest BCUT2D eigenvalue weighted by atomic mass is 16.7. The van der Waals surface area contributed by atoms with Crippen LogP contribution in [0.3, 0.4) is 0 Å². The second-order valence-electron chi connectivity index (χ2n) is 12.4. The van der Waals surface area contributed by atoms with E-state index in [1.54, 1.807) is 0 Å². The molecule has 0 aromatic carbocycles. The number of hydrogen-bond donors (Lipinski definition) is 6. The molecule has 258 valence electrons. The SMILES string of the molecule is O=C(CCC(=O)NC(CCC(=O)OCC1CCCCC1)C(=O)OCC1CCCCC1)NCCO[C@@H]1O[C@H](CO)[C@H](O)[C@H](O)[C@H]1O.